The first kappa shape index (κ1) is 13.7. The lowest BCUT2D eigenvalue weighted by Crippen LogP contribution is -2.10. The van der Waals surface area contributed by atoms with E-state index in [-0.39, 0.29) is 16.8 Å². The summed E-state index contributed by atoms with van der Waals surface area (Å²) in [4.78, 5) is 0. The molecule has 0 aliphatic carbocycles. The molecular weight excluding hydrogens is 276 g/mol. The van der Waals surface area contributed by atoms with E-state index in [0.717, 1.165) is 11.8 Å². The minimum Gasteiger partial charge on any atom is -0.266 e. The molecule has 19 heavy (non-hydrogen) atoms. The Morgan fingerprint density at radius 2 is 2.00 bits per heavy atom. The molecule has 2 rings (SSSR count). The molecule has 1 aromatic heterocycles. The molecule has 0 fully saturated rings. The highest BCUT2D eigenvalue weighted by Gasteiger charge is 2.21. The second kappa shape index (κ2) is 4.44. The van der Waals surface area contributed by atoms with Crippen molar-refractivity contribution in [2.24, 2.45) is 7.05 Å². The lowest BCUT2D eigenvalue weighted by Gasteiger charge is -2.06. The maximum atomic E-state index is 13.0. The van der Waals surface area contributed by atoms with Crippen molar-refractivity contribution in [1.82, 2.24) is 9.78 Å². The molecule has 0 atom stereocenters. The molecule has 5 nitrogen and oxygen atoms in total. The molecule has 0 bridgehead atoms. The summed E-state index contributed by atoms with van der Waals surface area (Å²) < 4.78 is 52.2. The van der Waals surface area contributed by atoms with Crippen molar-refractivity contribution in [3.05, 3.63) is 23.3 Å². The van der Waals surface area contributed by atoms with Crippen LogP contribution in [0.1, 0.15) is 17.6 Å². The van der Waals surface area contributed by atoms with Gasteiger partial charge in [-0.1, -0.05) is 12.1 Å². The zero-order valence-electron chi connectivity index (χ0n) is 10.6. The number of rotatable bonds is 3. The summed E-state index contributed by atoms with van der Waals surface area (Å²) in [6.07, 6.45) is -1.75. The monoisotopic (exact) mass is 289 g/mol. The van der Waals surface area contributed by atoms with Gasteiger partial charge in [0.1, 0.15) is 0 Å². The number of alkyl halides is 2. The minimum atomic E-state index is -3.58. The predicted molar refractivity (Wildman–Crippen MR) is 68.9 cm³/mol. The Bertz CT molecular complexity index is 738. The first-order valence-corrected chi connectivity index (χ1v) is 7.32. The summed E-state index contributed by atoms with van der Waals surface area (Å²) in [6.45, 7) is 1.75. The van der Waals surface area contributed by atoms with E-state index in [1.807, 2.05) is 0 Å². The van der Waals surface area contributed by atoms with Crippen LogP contribution in [0.15, 0.2) is 12.1 Å². The first-order chi connectivity index (χ1) is 8.70. The lowest BCUT2D eigenvalue weighted by atomic mass is 10.1. The number of halogens is 2. The second-order valence-corrected chi connectivity index (χ2v) is 6.09. The number of anilines is 1. The van der Waals surface area contributed by atoms with E-state index in [1.165, 1.54) is 10.7 Å². The van der Waals surface area contributed by atoms with Crippen LogP contribution in [0.25, 0.3) is 10.9 Å². The Kier molecular flexibility index (Phi) is 3.21. The van der Waals surface area contributed by atoms with Gasteiger partial charge in [0.05, 0.1) is 17.2 Å². The molecule has 1 aromatic carbocycles. The number of nitrogens with one attached hydrogen (secondary N) is 1. The molecular formula is C11H13F2N3O2S. The van der Waals surface area contributed by atoms with Gasteiger partial charge in [-0.3, -0.25) is 9.40 Å². The summed E-state index contributed by atoms with van der Waals surface area (Å²) in [7, 11) is -2.00. The Morgan fingerprint density at radius 1 is 1.37 bits per heavy atom. The fourth-order valence-corrected chi connectivity index (χ4v) is 2.55. The predicted octanol–water partition coefficient (Wildman–Crippen LogP) is 2.19. The van der Waals surface area contributed by atoms with Crippen LogP contribution in [0.5, 0.6) is 0 Å². The van der Waals surface area contributed by atoms with Crippen LogP contribution >= 0.6 is 0 Å². The van der Waals surface area contributed by atoms with E-state index in [0.29, 0.717) is 5.52 Å². The van der Waals surface area contributed by atoms with Crippen LogP contribution < -0.4 is 4.72 Å². The first-order valence-electron chi connectivity index (χ1n) is 5.43. The molecule has 0 aliphatic rings. The standard InChI is InChI=1S/C11H13F2N3O2S/c1-6-4-5-7(10(12)13)8-9(6)16(2)14-11(8)15-19(3,17)18/h4-5,10H,1-3H3,(H,14,15). The molecule has 104 valence electrons. The Balaban J connectivity index is 2.82. The number of aromatic nitrogens is 2. The fraction of sp³-hybridized carbons (Fsp3) is 0.364. The van der Waals surface area contributed by atoms with Gasteiger partial charge in [-0.15, -0.1) is 0 Å². The highest BCUT2D eigenvalue weighted by atomic mass is 32.2. The number of benzene rings is 1. The van der Waals surface area contributed by atoms with E-state index >= 15 is 0 Å². The van der Waals surface area contributed by atoms with Crippen molar-refractivity contribution < 1.29 is 17.2 Å². The highest BCUT2D eigenvalue weighted by Crippen LogP contribution is 2.34. The summed E-state index contributed by atoms with van der Waals surface area (Å²) in [6, 6.07) is 2.85. The van der Waals surface area contributed by atoms with Crippen molar-refractivity contribution in [3.8, 4) is 0 Å². The summed E-state index contributed by atoms with van der Waals surface area (Å²) in [5.41, 5.74) is 1.000. The van der Waals surface area contributed by atoms with Gasteiger partial charge in [0.25, 0.3) is 6.43 Å². The van der Waals surface area contributed by atoms with E-state index in [4.69, 9.17) is 0 Å². The van der Waals surface area contributed by atoms with Crippen molar-refractivity contribution in [3.63, 3.8) is 0 Å². The van der Waals surface area contributed by atoms with Crippen LogP contribution in [0.2, 0.25) is 0 Å². The van der Waals surface area contributed by atoms with Crippen molar-refractivity contribution >= 4 is 26.7 Å². The van der Waals surface area contributed by atoms with Crippen molar-refractivity contribution in [2.75, 3.05) is 11.0 Å². The van der Waals surface area contributed by atoms with E-state index in [2.05, 4.69) is 9.82 Å². The molecule has 1 N–H and O–H groups in total. The Hall–Kier alpha value is -1.70. The quantitative estimate of drug-likeness (QED) is 0.942. The zero-order valence-corrected chi connectivity index (χ0v) is 11.4. The average molecular weight is 289 g/mol. The van der Waals surface area contributed by atoms with Crippen LogP contribution in [0.3, 0.4) is 0 Å². The van der Waals surface area contributed by atoms with E-state index < -0.39 is 16.4 Å². The van der Waals surface area contributed by atoms with Crippen LogP contribution in [-0.4, -0.2) is 24.5 Å². The van der Waals surface area contributed by atoms with Gasteiger partial charge >= 0.3 is 0 Å². The van der Waals surface area contributed by atoms with Gasteiger partial charge < -0.3 is 0 Å². The Labute approximate surface area is 109 Å². The average Bonchev–Trinajstić information content (AvgIpc) is 2.54. The Morgan fingerprint density at radius 3 is 2.53 bits per heavy atom. The molecule has 0 spiro atoms. The van der Waals surface area contributed by atoms with Crippen LogP contribution in [0, 0.1) is 6.92 Å². The topological polar surface area (TPSA) is 64.0 Å². The van der Waals surface area contributed by atoms with Crippen molar-refractivity contribution in [2.45, 2.75) is 13.3 Å². The van der Waals surface area contributed by atoms with Gasteiger partial charge in [0.2, 0.25) is 10.0 Å². The molecule has 0 saturated heterocycles. The molecule has 2 aromatic rings. The van der Waals surface area contributed by atoms with Gasteiger partial charge in [-0.2, -0.15) is 5.10 Å². The zero-order chi connectivity index (χ0) is 14.4. The minimum absolute atomic E-state index is 0.0704. The molecule has 0 amide bonds. The SMILES string of the molecule is Cc1ccc(C(F)F)c2c(NS(C)(=O)=O)nn(C)c12. The molecule has 8 heteroatoms. The van der Waals surface area contributed by atoms with E-state index in [9.17, 15) is 17.2 Å². The molecule has 1 heterocycles. The summed E-state index contributed by atoms with van der Waals surface area (Å²) in [5, 5.41) is 4.11. The van der Waals surface area contributed by atoms with Crippen molar-refractivity contribution in [1.29, 1.82) is 0 Å². The van der Waals surface area contributed by atoms with Crippen LogP contribution in [-0.2, 0) is 17.1 Å². The lowest BCUT2D eigenvalue weighted by molar-refractivity contribution is 0.153. The third-order valence-electron chi connectivity index (χ3n) is 2.74. The number of aryl methyl sites for hydroxylation is 2. The van der Waals surface area contributed by atoms with E-state index in [1.54, 1.807) is 20.0 Å². The molecule has 0 aliphatic heterocycles. The van der Waals surface area contributed by atoms with Gasteiger partial charge in [-0.25, -0.2) is 17.2 Å². The largest absolute Gasteiger partial charge is 0.266 e. The smallest absolute Gasteiger partial charge is 0.264 e. The summed E-state index contributed by atoms with van der Waals surface area (Å²) in [5.74, 6) is -0.0704. The molecule has 0 radical (unpaired) electrons. The maximum absolute atomic E-state index is 13.0. The maximum Gasteiger partial charge on any atom is 0.264 e. The van der Waals surface area contributed by atoms with Gasteiger partial charge in [0.15, 0.2) is 5.82 Å². The molecule has 0 saturated carbocycles. The number of fused-ring (bicyclic) bond motifs is 1. The fourth-order valence-electron chi connectivity index (χ4n) is 2.06. The van der Waals surface area contributed by atoms with Crippen LogP contribution in [0.4, 0.5) is 14.6 Å². The summed E-state index contributed by atoms with van der Waals surface area (Å²) >= 11 is 0. The number of hydrogen-bond acceptors (Lipinski definition) is 3. The second-order valence-electron chi connectivity index (χ2n) is 4.34. The number of sulfonamides is 1. The normalized spacial score (nSPS) is 12.3. The number of nitrogens with zero attached hydrogens (tertiary/aromatic N) is 2. The third-order valence-corrected chi connectivity index (χ3v) is 3.30. The van der Waals surface area contributed by atoms with Gasteiger partial charge in [-0.05, 0) is 12.5 Å². The number of hydrogen-bond donors (Lipinski definition) is 1. The third kappa shape index (κ3) is 2.53. The molecule has 0 unspecified atom stereocenters. The highest BCUT2D eigenvalue weighted by molar-refractivity contribution is 7.92. The van der Waals surface area contributed by atoms with Gasteiger partial charge in [0, 0.05) is 12.6 Å².